The zero-order chi connectivity index (χ0) is 22.1. The third-order valence-electron chi connectivity index (χ3n) is 5.21. The van der Waals surface area contributed by atoms with E-state index in [2.05, 4.69) is 5.32 Å². The van der Waals surface area contributed by atoms with Crippen molar-refractivity contribution >= 4 is 17.4 Å². The minimum Gasteiger partial charge on any atom is -0.497 e. The number of halogens is 3. The van der Waals surface area contributed by atoms with Crippen molar-refractivity contribution in [2.45, 2.75) is 18.6 Å². The highest BCUT2D eigenvalue weighted by Crippen LogP contribution is 2.47. The topological polar surface area (TPSA) is 73.9 Å². The number of Topliss-reactive ketones (excluding diaryl/α,β-unsaturated/α-hetero) is 1. The molecule has 1 aliphatic carbocycles. The minimum atomic E-state index is -4.93. The van der Waals surface area contributed by atoms with Crippen molar-refractivity contribution in [2.75, 3.05) is 26.6 Å². The quantitative estimate of drug-likeness (QED) is 0.565. The van der Waals surface area contributed by atoms with Crippen LogP contribution in [0.1, 0.15) is 15.9 Å². The first-order chi connectivity index (χ1) is 14.2. The molecule has 6 nitrogen and oxygen atoms in total. The zero-order valence-corrected chi connectivity index (χ0v) is 16.5. The summed E-state index contributed by atoms with van der Waals surface area (Å²) in [6.45, 7) is 0. The lowest BCUT2D eigenvalue weighted by atomic mass is 9.75. The summed E-state index contributed by atoms with van der Waals surface area (Å²) >= 11 is 0. The molecule has 0 spiro atoms. The molecule has 3 rings (SSSR count). The first-order valence-electron chi connectivity index (χ1n) is 8.94. The molecule has 0 radical (unpaired) electrons. The maximum absolute atomic E-state index is 14.2. The van der Waals surface area contributed by atoms with Crippen LogP contribution in [-0.2, 0) is 16.0 Å². The molecule has 30 heavy (non-hydrogen) atoms. The third-order valence-corrected chi connectivity index (χ3v) is 5.21. The molecule has 9 heteroatoms. The molecule has 0 saturated heterocycles. The van der Waals surface area contributed by atoms with Crippen molar-refractivity contribution in [3.05, 3.63) is 53.6 Å². The van der Waals surface area contributed by atoms with E-state index < -0.39 is 35.8 Å². The highest BCUT2D eigenvalue weighted by molar-refractivity contribution is 6.17. The molecule has 2 aromatic carbocycles. The van der Waals surface area contributed by atoms with Crippen LogP contribution in [0.25, 0.3) is 0 Å². The number of nitrogens with one attached hydrogen (secondary N) is 1. The summed E-state index contributed by atoms with van der Waals surface area (Å²) in [6.07, 6.45) is -5.39. The molecule has 0 amide bonds. The van der Waals surface area contributed by atoms with Crippen LogP contribution >= 0.6 is 0 Å². The molecule has 0 aromatic heterocycles. The lowest BCUT2D eigenvalue weighted by Gasteiger charge is -2.35. The number of alkyl halides is 3. The summed E-state index contributed by atoms with van der Waals surface area (Å²) in [5, 5.41) is 2.33. The van der Waals surface area contributed by atoms with E-state index >= 15 is 0 Å². The van der Waals surface area contributed by atoms with E-state index in [4.69, 9.17) is 14.2 Å². The summed E-state index contributed by atoms with van der Waals surface area (Å²) < 4.78 is 57.4. The van der Waals surface area contributed by atoms with Gasteiger partial charge in [-0.3, -0.25) is 9.59 Å². The second-order valence-electron chi connectivity index (χ2n) is 6.84. The third kappa shape index (κ3) is 3.55. The SMILES string of the molecule is COC(=O)C1(C(Nc2ccc(OC)cc2)C(F)(F)F)Cc2ccc(OC)cc2C1=O. The molecule has 2 aromatic rings. The normalized spacial score (nSPS) is 19.1. The Morgan fingerprint density at radius 2 is 1.63 bits per heavy atom. The van der Waals surface area contributed by atoms with E-state index in [1.54, 1.807) is 0 Å². The fraction of sp³-hybridized carbons (Fsp3) is 0.333. The van der Waals surface area contributed by atoms with Crippen molar-refractivity contribution in [1.29, 1.82) is 0 Å². The fourth-order valence-electron chi connectivity index (χ4n) is 3.71. The van der Waals surface area contributed by atoms with Gasteiger partial charge in [0.05, 0.1) is 21.3 Å². The summed E-state index contributed by atoms with van der Waals surface area (Å²) in [4.78, 5) is 26.0. The van der Waals surface area contributed by atoms with E-state index in [1.165, 1.54) is 56.7 Å². The average Bonchev–Trinajstić information content (AvgIpc) is 3.03. The van der Waals surface area contributed by atoms with Gasteiger partial charge in [-0.25, -0.2) is 0 Å². The van der Waals surface area contributed by atoms with Crippen LogP contribution in [0.4, 0.5) is 18.9 Å². The smallest absolute Gasteiger partial charge is 0.410 e. The van der Waals surface area contributed by atoms with Gasteiger partial charge in [-0.2, -0.15) is 13.2 Å². The van der Waals surface area contributed by atoms with Crippen LogP contribution in [-0.4, -0.2) is 45.3 Å². The van der Waals surface area contributed by atoms with E-state index in [-0.39, 0.29) is 11.3 Å². The molecule has 0 fully saturated rings. The Morgan fingerprint density at radius 1 is 1.03 bits per heavy atom. The summed E-state index contributed by atoms with van der Waals surface area (Å²) in [5.74, 6) is -1.48. The predicted octanol–water partition coefficient (Wildman–Crippen LogP) is 3.65. The predicted molar refractivity (Wildman–Crippen MR) is 102 cm³/mol. The van der Waals surface area contributed by atoms with Gasteiger partial charge < -0.3 is 19.5 Å². The van der Waals surface area contributed by atoms with Crippen LogP contribution in [0.2, 0.25) is 0 Å². The summed E-state index contributed by atoms with van der Waals surface area (Å²) in [5.41, 5.74) is -2.12. The molecule has 1 N–H and O–H groups in total. The zero-order valence-electron chi connectivity index (χ0n) is 16.5. The van der Waals surface area contributed by atoms with Gasteiger partial charge in [-0.1, -0.05) is 6.07 Å². The number of hydrogen-bond acceptors (Lipinski definition) is 6. The van der Waals surface area contributed by atoms with Gasteiger partial charge in [0.1, 0.15) is 17.5 Å². The first-order valence-corrected chi connectivity index (χ1v) is 8.94. The maximum Gasteiger partial charge on any atom is 0.410 e. The Morgan fingerprint density at radius 3 is 2.17 bits per heavy atom. The standard InChI is InChI=1S/C21H20F3NO5/c1-28-14-8-5-13(6-9-14)25-18(21(22,23)24)20(19(27)30-3)11-12-4-7-15(29-2)10-16(12)17(20)26/h4-10,18,25H,11H2,1-3H3. The van der Waals surface area contributed by atoms with Crippen LogP contribution < -0.4 is 14.8 Å². The Hall–Kier alpha value is -3.23. The molecule has 0 heterocycles. The number of carbonyl (C=O) groups is 2. The number of methoxy groups -OCH3 is 3. The van der Waals surface area contributed by atoms with Gasteiger partial charge >= 0.3 is 12.1 Å². The Balaban J connectivity index is 2.11. The molecular formula is C21H20F3NO5. The van der Waals surface area contributed by atoms with Gasteiger partial charge in [0.15, 0.2) is 11.2 Å². The molecule has 0 bridgehead atoms. The number of carbonyl (C=O) groups excluding carboxylic acids is 2. The van der Waals surface area contributed by atoms with Gasteiger partial charge in [0.25, 0.3) is 0 Å². The van der Waals surface area contributed by atoms with Gasteiger partial charge in [-0.15, -0.1) is 0 Å². The average molecular weight is 423 g/mol. The number of ketones is 1. The number of benzene rings is 2. The largest absolute Gasteiger partial charge is 0.497 e. The van der Waals surface area contributed by atoms with Crippen molar-refractivity contribution in [1.82, 2.24) is 0 Å². The Kier molecular flexibility index (Phi) is 5.65. The monoisotopic (exact) mass is 423 g/mol. The molecule has 1 aliphatic rings. The van der Waals surface area contributed by atoms with Crippen LogP contribution in [0, 0.1) is 5.41 Å². The number of rotatable bonds is 6. The fourth-order valence-corrected chi connectivity index (χ4v) is 3.71. The van der Waals surface area contributed by atoms with Crippen LogP contribution in [0.15, 0.2) is 42.5 Å². The highest BCUT2D eigenvalue weighted by atomic mass is 19.4. The second-order valence-corrected chi connectivity index (χ2v) is 6.84. The molecule has 2 unspecified atom stereocenters. The van der Waals surface area contributed by atoms with Crippen molar-refractivity contribution in [3.63, 3.8) is 0 Å². The van der Waals surface area contributed by atoms with E-state index in [9.17, 15) is 22.8 Å². The van der Waals surface area contributed by atoms with Crippen LogP contribution in [0.3, 0.4) is 0 Å². The van der Waals surface area contributed by atoms with E-state index in [1.807, 2.05) is 0 Å². The number of fused-ring (bicyclic) bond motifs is 1. The van der Waals surface area contributed by atoms with E-state index in [0.29, 0.717) is 17.1 Å². The maximum atomic E-state index is 14.2. The lowest BCUT2D eigenvalue weighted by molar-refractivity contribution is -0.179. The summed E-state index contributed by atoms with van der Waals surface area (Å²) in [7, 11) is 3.76. The number of hydrogen-bond donors (Lipinski definition) is 1. The summed E-state index contributed by atoms with van der Waals surface area (Å²) in [6, 6.07) is 7.51. The van der Waals surface area contributed by atoms with Crippen molar-refractivity contribution in [3.8, 4) is 11.5 Å². The lowest BCUT2D eigenvalue weighted by Crippen LogP contribution is -2.58. The highest BCUT2D eigenvalue weighted by Gasteiger charge is 2.65. The van der Waals surface area contributed by atoms with Crippen molar-refractivity contribution < 1.29 is 37.0 Å². The number of ether oxygens (including phenoxy) is 3. The minimum absolute atomic E-state index is 0.00512. The molecular weight excluding hydrogens is 403 g/mol. The second kappa shape index (κ2) is 7.89. The molecule has 160 valence electrons. The van der Waals surface area contributed by atoms with Gasteiger partial charge in [0.2, 0.25) is 0 Å². The molecule has 2 atom stereocenters. The molecule has 0 saturated carbocycles. The van der Waals surface area contributed by atoms with Gasteiger partial charge in [0, 0.05) is 11.3 Å². The number of anilines is 1. The van der Waals surface area contributed by atoms with Crippen LogP contribution in [0.5, 0.6) is 11.5 Å². The first kappa shape index (κ1) is 21.5. The number of esters is 1. The molecule has 0 aliphatic heterocycles. The Labute approximate surface area is 170 Å². The van der Waals surface area contributed by atoms with E-state index in [0.717, 1.165) is 7.11 Å². The van der Waals surface area contributed by atoms with Crippen molar-refractivity contribution in [2.24, 2.45) is 5.41 Å². The Bertz CT molecular complexity index is 958. The van der Waals surface area contributed by atoms with Gasteiger partial charge in [-0.05, 0) is 48.4 Å².